The first-order valence-electron chi connectivity index (χ1n) is 4.10. The molecule has 3 heteroatoms. The van der Waals surface area contributed by atoms with Gasteiger partial charge in [0.15, 0.2) is 0 Å². The van der Waals surface area contributed by atoms with Crippen LogP contribution in [0.4, 0.5) is 5.69 Å². The summed E-state index contributed by atoms with van der Waals surface area (Å²) in [5, 5.41) is 0. The molecule has 3 nitrogen and oxygen atoms in total. The fourth-order valence-corrected chi connectivity index (χ4v) is 0.801. The lowest BCUT2D eigenvalue weighted by Crippen LogP contribution is -2.10. The number of rotatable bonds is 3. The van der Waals surface area contributed by atoms with E-state index in [-0.39, 0.29) is 6.10 Å². The van der Waals surface area contributed by atoms with Gasteiger partial charge in [0.2, 0.25) is 0 Å². The van der Waals surface area contributed by atoms with Gasteiger partial charge >= 0.3 is 0 Å². The minimum Gasteiger partial charge on any atom is -0.488 e. The Morgan fingerprint density at radius 3 is 3.00 bits per heavy atom. The zero-order chi connectivity index (χ0) is 8.97. The summed E-state index contributed by atoms with van der Waals surface area (Å²) in [7, 11) is 0. The Labute approximate surface area is 72.6 Å². The van der Waals surface area contributed by atoms with Gasteiger partial charge in [0.1, 0.15) is 5.75 Å². The van der Waals surface area contributed by atoms with Gasteiger partial charge in [-0.25, -0.2) is 0 Å². The van der Waals surface area contributed by atoms with Crippen LogP contribution in [-0.2, 0) is 0 Å². The number of nitrogens with zero attached hydrogens (tertiary/aromatic N) is 1. The minimum absolute atomic E-state index is 0.203. The van der Waals surface area contributed by atoms with Crippen molar-refractivity contribution >= 4 is 5.69 Å². The number of hydrogen-bond acceptors (Lipinski definition) is 3. The average molecular weight is 166 g/mol. The summed E-state index contributed by atoms with van der Waals surface area (Å²) in [5.74, 6) is 0.722. The molecule has 0 fully saturated rings. The monoisotopic (exact) mass is 166 g/mol. The fourth-order valence-electron chi connectivity index (χ4n) is 0.801. The molecule has 1 heterocycles. The molecule has 0 amide bonds. The van der Waals surface area contributed by atoms with Crippen LogP contribution in [0.3, 0.4) is 0 Å². The normalized spacial score (nSPS) is 12.5. The van der Waals surface area contributed by atoms with Crippen molar-refractivity contribution in [3.63, 3.8) is 0 Å². The van der Waals surface area contributed by atoms with E-state index in [2.05, 4.69) is 11.9 Å². The lowest BCUT2D eigenvalue weighted by molar-refractivity contribution is 0.218. The third kappa shape index (κ3) is 2.12. The standard InChI is InChI=1S/C9H14N2O/c1-3-7(2)12-9-4-5-11-6-8(9)10/h4-7H,3,10H2,1-2H3. The van der Waals surface area contributed by atoms with Crippen LogP contribution in [0.25, 0.3) is 0 Å². The van der Waals surface area contributed by atoms with Crippen molar-refractivity contribution in [1.82, 2.24) is 4.98 Å². The van der Waals surface area contributed by atoms with Crippen molar-refractivity contribution in [2.24, 2.45) is 0 Å². The van der Waals surface area contributed by atoms with Crippen LogP contribution < -0.4 is 10.5 Å². The van der Waals surface area contributed by atoms with Crippen molar-refractivity contribution < 1.29 is 4.74 Å². The maximum atomic E-state index is 5.64. The average Bonchev–Trinajstić information content (AvgIpc) is 2.09. The lowest BCUT2D eigenvalue weighted by atomic mass is 10.3. The molecule has 1 aromatic heterocycles. The Bertz CT molecular complexity index is 250. The maximum absolute atomic E-state index is 5.64. The highest BCUT2D eigenvalue weighted by Crippen LogP contribution is 2.20. The van der Waals surface area contributed by atoms with E-state index < -0.39 is 0 Å². The van der Waals surface area contributed by atoms with Crippen LogP contribution in [0.5, 0.6) is 5.75 Å². The van der Waals surface area contributed by atoms with Gasteiger partial charge in [-0.1, -0.05) is 6.92 Å². The van der Waals surface area contributed by atoms with Gasteiger partial charge in [-0.15, -0.1) is 0 Å². The molecule has 0 saturated heterocycles. The summed E-state index contributed by atoms with van der Waals surface area (Å²) >= 11 is 0. The molecule has 0 aromatic carbocycles. The molecule has 0 saturated carbocycles. The smallest absolute Gasteiger partial charge is 0.145 e. The van der Waals surface area contributed by atoms with Crippen molar-refractivity contribution in [1.29, 1.82) is 0 Å². The zero-order valence-electron chi connectivity index (χ0n) is 7.45. The molecule has 0 aliphatic carbocycles. The molecule has 0 spiro atoms. The van der Waals surface area contributed by atoms with Crippen LogP contribution in [-0.4, -0.2) is 11.1 Å². The van der Waals surface area contributed by atoms with E-state index in [1.54, 1.807) is 18.5 Å². The molecular formula is C9H14N2O. The van der Waals surface area contributed by atoms with Crippen LogP contribution in [0.1, 0.15) is 20.3 Å². The van der Waals surface area contributed by atoms with E-state index in [0.29, 0.717) is 5.69 Å². The summed E-state index contributed by atoms with van der Waals surface area (Å²) < 4.78 is 5.53. The largest absolute Gasteiger partial charge is 0.488 e. The summed E-state index contributed by atoms with van der Waals surface area (Å²) in [5.41, 5.74) is 6.23. The number of anilines is 1. The van der Waals surface area contributed by atoms with Gasteiger partial charge in [-0.3, -0.25) is 4.98 Å². The van der Waals surface area contributed by atoms with Crippen LogP contribution in [0.15, 0.2) is 18.5 Å². The van der Waals surface area contributed by atoms with Gasteiger partial charge in [-0.2, -0.15) is 0 Å². The molecule has 0 aliphatic heterocycles. The molecule has 66 valence electrons. The predicted molar refractivity (Wildman–Crippen MR) is 49.0 cm³/mol. The zero-order valence-corrected chi connectivity index (χ0v) is 7.45. The van der Waals surface area contributed by atoms with E-state index in [0.717, 1.165) is 12.2 Å². The first-order chi connectivity index (χ1) is 5.74. The van der Waals surface area contributed by atoms with Crippen molar-refractivity contribution in [3.05, 3.63) is 18.5 Å². The van der Waals surface area contributed by atoms with Crippen LogP contribution in [0.2, 0.25) is 0 Å². The molecule has 1 rings (SSSR count). The first kappa shape index (κ1) is 8.84. The molecule has 2 N–H and O–H groups in total. The third-order valence-electron chi connectivity index (χ3n) is 1.71. The van der Waals surface area contributed by atoms with Crippen LogP contribution >= 0.6 is 0 Å². The Kier molecular flexibility index (Phi) is 2.91. The Balaban J connectivity index is 2.69. The molecular weight excluding hydrogens is 152 g/mol. The highest BCUT2D eigenvalue weighted by Gasteiger charge is 2.03. The van der Waals surface area contributed by atoms with E-state index in [4.69, 9.17) is 10.5 Å². The number of hydrogen-bond donors (Lipinski definition) is 1. The van der Waals surface area contributed by atoms with E-state index in [1.807, 2.05) is 6.92 Å². The molecule has 1 aromatic rings. The molecule has 12 heavy (non-hydrogen) atoms. The number of aromatic nitrogens is 1. The lowest BCUT2D eigenvalue weighted by Gasteiger charge is -2.13. The first-order valence-corrected chi connectivity index (χ1v) is 4.10. The Morgan fingerprint density at radius 2 is 2.42 bits per heavy atom. The van der Waals surface area contributed by atoms with Crippen molar-refractivity contribution in [3.8, 4) is 5.75 Å². The number of ether oxygens (including phenoxy) is 1. The summed E-state index contributed by atoms with van der Waals surface area (Å²) in [6, 6.07) is 1.78. The fraction of sp³-hybridized carbons (Fsp3) is 0.444. The number of nitrogens with two attached hydrogens (primary N) is 1. The topological polar surface area (TPSA) is 48.1 Å². The predicted octanol–water partition coefficient (Wildman–Crippen LogP) is 1.84. The molecule has 1 unspecified atom stereocenters. The third-order valence-corrected chi connectivity index (χ3v) is 1.71. The molecule has 0 bridgehead atoms. The van der Waals surface area contributed by atoms with Gasteiger partial charge in [-0.05, 0) is 13.3 Å². The second kappa shape index (κ2) is 3.95. The van der Waals surface area contributed by atoms with E-state index >= 15 is 0 Å². The molecule has 0 aliphatic rings. The van der Waals surface area contributed by atoms with Gasteiger partial charge in [0.25, 0.3) is 0 Å². The Hall–Kier alpha value is -1.25. The van der Waals surface area contributed by atoms with Gasteiger partial charge in [0.05, 0.1) is 18.0 Å². The summed E-state index contributed by atoms with van der Waals surface area (Å²) in [6.07, 6.45) is 4.45. The number of pyridine rings is 1. The highest BCUT2D eigenvalue weighted by atomic mass is 16.5. The van der Waals surface area contributed by atoms with Gasteiger partial charge < -0.3 is 10.5 Å². The van der Waals surface area contributed by atoms with Crippen molar-refractivity contribution in [2.45, 2.75) is 26.4 Å². The molecule has 1 atom stereocenters. The molecule has 0 radical (unpaired) electrons. The summed E-state index contributed by atoms with van der Waals surface area (Å²) in [6.45, 7) is 4.09. The Morgan fingerprint density at radius 1 is 1.67 bits per heavy atom. The quantitative estimate of drug-likeness (QED) is 0.745. The minimum atomic E-state index is 0.203. The van der Waals surface area contributed by atoms with E-state index in [9.17, 15) is 0 Å². The second-order valence-electron chi connectivity index (χ2n) is 2.75. The second-order valence-corrected chi connectivity index (χ2v) is 2.75. The SMILES string of the molecule is CCC(C)Oc1ccncc1N. The summed E-state index contributed by atoms with van der Waals surface area (Å²) in [4.78, 5) is 3.87. The van der Waals surface area contributed by atoms with Crippen molar-refractivity contribution in [2.75, 3.05) is 5.73 Å². The van der Waals surface area contributed by atoms with E-state index in [1.165, 1.54) is 0 Å². The number of nitrogen functional groups attached to an aromatic ring is 1. The highest BCUT2D eigenvalue weighted by molar-refractivity contribution is 5.49. The maximum Gasteiger partial charge on any atom is 0.145 e. The van der Waals surface area contributed by atoms with Gasteiger partial charge in [0, 0.05) is 12.3 Å². The van der Waals surface area contributed by atoms with Crippen LogP contribution in [0, 0.1) is 0 Å².